The first-order chi connectivity index (χ1) is 11.7. The zero-order chi connectivity index (χ0) is 17.0. The number of amides is 1. The van der Waals surface area contributed by atoms with E-state index in [2.05, 4.69) is 15.7 Å². The van der Waals surface area contributed by atoms with Gasteiger partial charge in [0, 0.05) is 19.5 Å². The van der Waals surface area contributed by atoms with Crippen molar-refractivity contribution in [2.75, 3.05) is 20.2 Å². The summed E-state index contributed by atoms with van der Waals surface area (Å²) < 4.78 is 7.42. The van der Waals surface area contributed by atoms with E-state index in [-0.39, 0.29) is 11.9 Å². The topological polar surface area (TPSA) is 68.2 Å². The van der Waals surface area contributed by atoms with Gasteiger partial charge in [-0.3, -0.25) is 4.79 Å². The highest BCUT2D eigenvalue weighted by molar-refractivity contribution is 5.85. The Bertz CT molecular complexity index is 678. The van der Waals surface area contributed by atoms with Crippen LogP contribution in [0.15, 0.2) is 42.7 Å². The zero-order valence-corrected chi connectivity index (χ0v) is 14.2. The summed E-state index contributed by atoms with van der Waals surface area (Å²) in [6.45, 7) is 3.57. The van der Waals surface area contributed by atoms with Crippen molar-refractivity contribution in [1.82, 2.24) is 20.4 Å². The maximum Gasteiger partial charge on any atom is 0.252 e. The highest BCUT2D eigenvalue weighted by Gasteiger charge is 2.40. The Labute approximate surface area is 142 Å². The van der Waals surface area contributed by atoms with E-state index in [1.807, 2.05) is 48.1 Å². The number of carbonyl (C=O) groups is 1. The molecule has 1 aliphatic rings. The molecule has 1 aromatic carbocycles. The second kappa shape index (κ2) is 7.15. The average molecular weight is 328 g/mol. The van der Waals surface area contributed by atoms with E-state index in [4.69, 9.17) is 4.74 Å². The number of methoxy groups -OCH3 is 1. The van der Waals surface area contributed by atoms with Gasteiger partial charge in [-0.25, -0.2) is 4.68 Å². The van der Waals surface area contributed by atoms with Gasteiger partial charge in [-0.05, 0) is 50.6 Å². The van der Waals surface area contributed by atoms with Gasteiger partial charge in [0.2, 0.25) is 0 Å². The lowest BCUT2D eigenvalue weighted by Crippen LogP contribution is -2.54. The number of para-hydroxylation sites is 1. The molecule has 0 aliphatic carbocycles. The largest absolute Gasteiger partial charge is 0.368 e. The summed E-state index contributed by atoms with van der Waals surface area (Å²) in [5.41, 5.74) is 1.25. The molecule has 2 heterocycles. The fourth-order valence-corrected chi connectivity index (χ4v) is 3.23. The van der Waals surface area contributed by atoms with Gasteiger partial charge in [0.05, 0.1) is 11.7 Å². The number of piperidine rings is 1. The SMILES string of the molecule is COC1(C(=O)NC(C)c2ccccc2-n2cccn2)CCNCC1. The average Bonchev–Trinajstić information content (AvgIpc) is 3.16. The molecule has 0 saturated carbocycles. The first-order valence-corrected chi connectivity index (χ1v) is 8.32. The minimum absolute atomic E-state index is 0.0470. The number of hydrogen-bond acceptors (Lipinski definition) is 4. The number of aromatic nitrogens is 2. The zero-order valence-electron chi connectivity index (χ0n) is 14.2. The first kappa shape index (κ1) is 16.7. The molecule has 1 aromatic heterocycles. The van der Waals surface area contributed by atoms with E-state index >= 15 is 0 Å². The number of carbonyl (C=O) groups excluding carboxylic acids is 1. The van der Waals surface area contributed by atoms with Crippen molar-refractivity contribution in [3.05, 3.63) is 48.3 Å². The van der Waals surface area contributed by atoms with E-state index in [0.717, 1.165) is 24.3 Å². The third-order valence-corrected chi connectivity index (χ3v) is 4.72. The van der Waals surface area contributed by atoms with Crippen LogP contribution in [0.5, 0.6) is 0 Å². The molecule has 1 aliphatic heterocycles. The minimum Gasteiger partial charge on any atom is -0.368 e. The van der Waals surface area contributed by atoms with Crippen molar-refractivity contribution in [2.45, 2.75) is 31.4 Å². The van der Waals surface area contributed by atoms with Crippen LogP contribution in [0.3, 0.4) is 0 Å². The number of rotatable bonds is 5. The molecule has 1 atom stereocenters. The first-order valence-electron chi connectivity index (χ1n) is 8.32. The lowest BCUT2D eigenvalue weighted by Gasteiger charge is -2.35. The summed E-state index contributed by atoms with van der Waals surface area (Å²) in [6, 6.07) is 9.71. The number of nitrogens with zero attached hydrogens (tertiary/aromatic N) is 2. The van der Waals surface area contributed by atoms with Gasteiger partial charge in [-0.15, -0.1) is 0 Å². The van der Waals surface area contributed by atoms with Gasteiger partial charge < -0.3 is 15.4 Å². The smallest absolute Gasteiger partial charge is 0.252 e. The second-order valence-corrected chi connectivity index (χ2v) is 6.15. The lowest BCUT2D eigenvalue weighted by atomic mass is 9.90. The van der Waals surface area contributed by atoms with Crippen molar-refractivity contribution in [3.8, 4) is 5.69 Å². The minimum atomic E-state index is -0.736. The normalized spacial score (nSPS) is 18.1. The Morgan fingerprint density at radius 1 is 1.33 bits per heavy atom. The predicted molar refractivity (Wildman–Crippen MR) is 92.0 cm³/mol. The fourth-order valence-electron chi connectivity index (χ4n) is 3.23. The Balaban J connectivity index is 1.80. The van der Waals surface area contributed by atoms with E-state index in [1.165, 1.54) is 0 Å². The molecule has 6 nitrogen and oxygen atoms in total. The molecule has 128 valence electrons. The molecule has 0 bridgehead atoms. The summed E-state index contributed by atoms with van der Waals surface area (Å²) in [5.74, 6) is -0.0470. The van der Waals surface area contributed by atoms with Gasteiger partial charge >= 0.3 is 0 Å². The molecular weight excluding hydrogens is 304 g/mol. The van der Waals surface area contributed by atoms with E-state index in [0.29, 0.717) is 12.8 Å². The van der Waals surface area contributed by atoms with Crippen LogP contribution in [0.4, 0.5) is 0 Å². The lowest BCUT2D eigenvalue weighted by molar-refractivity contribution is -0.147. The Morgan fingerprint density at radius 2 is 2.08 bits per heavy atom. The summed E-state index contributed by atoms with van der Waals surface area (Å²) in [5, 5.41) is 10.7. The molecule has 1 unspecified atom stereocenters. The maximum absolute atomic E-state index is 12.8. The van der Waals surface area contributed by atoms with Crippen molar-refractivity contribution in [3.63, 3.8) is 0 Å². The second-order valence-electron chi connectivity index (χ2n) is 6.15. The number of benzene rings is 1. The van der Waals surface area contributed by atoms with Crippen LogP contribution < -0.4 is 10.6 Å². The highest BCUT2D eigenvalue weighted by Crippen LogP contribution is 2.26. The molecule has 6 heteroatoms. The predicted octanol–water partition coefficient (Wildman–Crippen LogP) is 1.82. The maximum atomic E-state index is 12.8. The third-order valence-electron chi connectivity index (χ3n) is 4.72. The van der Waals surface area contributed by atoms with Gasteiger partial charge in [0.15, 0.2) is 0 Å². The van der Waals surface area contributed by atoms with Gasteiger partial charge in [-0.1, -0.05) is 18.2 Å². The van der Waals surface area contributed by atoms with Gasteiger partial charge in [-0.2, -0.15) is 5.10 Å². The van der Waals surface area contributed by atoms with Crippen LogP contribution in [-0.4, -0.2) is 41.5 Å². The van der Waals surface area contributed by atoms with Crippen LogP contribution >= 0.6 is 0 Å². The molecule has 0 radical (unpaired) electrons. The summed E-state index contributed by atoms with van der Waals surface area (Å²) in [7, 11) is 1.62. The Morgan fingerprint density at radius 3 is 2.75 bits per heavy atom. The van der Waals surface area contributed by atoms with Gasteiger partial charge in [0.1, 0.15) is 5.60 Å². The number of nitrogens with one attached hydrogen (secondary N) is 2. The molecule has 3 rings (SSSR count). The van der Waals surface area contributed by atoms with Crippen molar-refractivity contribution in [1.29, 1.82) is 0 Å². The highest BCUT2D eigenvalue weighted by atomic mass is 16.5. The third kappa shape index (κ3) is 3.20. The van der Waals surface area contributed by atoms with Crippen LogP contribution in [0.25, 0.3) is 5.69 Å². The van der Waals surface area contributed by atoms with E-state index < -0.39 is 5.60 Å². The van der Waals surface area contributed by atoms with Gasteiger partial charge in [0.25, 0.3) is 5.91 Å². The monoisotopic (exact) mass is 328 g/mol. The van der Waals surface area contributed by atoms with Crippen LogP contribution in [-0.2, 0) is 9.53 Å². The molecule has 0 spiro atoms. The molecular formula is C18H24N4O2. The number of ether oxygens (including phenoxy) is 1. The molecule has 2 N–H and O–H groups in total. The summed E-state index contributed by atoms with van der Waals surface area (Å²) in [4.78, 5) is 12.8. The quantitative estimate of drug-likeness (QED) is 0.878. The van der Waals surface area contributed by atoms with Crippen molar-refractivity contribution < 1.29 is 9.53 Å². The van der Waals surface area contributed by atoms with Crippen LogP contribution in [0.1, 0.15) is 31.4 Å². The van der Waals surface area contributed by atoms with Crippen LogP contribution in [0, 0.1) is 0 Å². The molecule has 1 saturated heterocycles. The fraction of sp³-hybridized carbons (Fsp3) is 0.444. The van der Waals surface area contributed by atoms with Crippen molar-refractivity contribution in [2.24, 2.45) is 0 Å². The molecule has 1 fully saturated rings. The molecule has 1 amide bonds. The van der Waals surface area contributed by atoms with E-state index in [1.54, 1.807) is 13.3 Å². The van der Waals surface area contributed by atoms with Crippen molar-refractivity contribution >= 4 is 5.91 Å². The summed E-state index contributed by atoms with van der Waals surface area (Å²) in [6.07, 6.45) is 5.01. The Hall–Kier alpha value is -2.18. The molecule has 2 aromatic rings. The molecule has 24 heavy (non-hydrogen) atoms. The Kier molecular flexibility index (Phi) is 4.97. The standard InChI is InChI=1S/C18H24N4O2/c1-14(21-17(23)18(24-2)8-11-19-12-9-18)15-6-3-4-7-16(15)22-13-5-10-20-22/h3-7,10,13-14,19H,8-9,11-12H2,1-2H3,(H,21,23). The number of hydrogen-bond donors (Lipinski definition) is 2. The summed E-state index contributed by atoms with van der Waals surface area (Å²) >= 11 is 0. The van der Waals surface area contributed by atoms with Crippen LogP contribution in [0.2, 0.25) is 0 Å². The van der Waals surface area contributed by atoms with E-state index in [9.17, 15) is 4.79 Å².